The Balaban J connectivity index is 1.25. The molecule has 3 fully saturated rings. The molecule has 2 aliphatic carbocycles. The molecule has 4 atom stereocenters. The third-order valence-electron chi connectivity index (χ3n) is 6.64. The van der Waals surface area contributed by atoms with E-state index < -0.39 is 11.6 Å². The molecule has 148 valence electrons. The van der Waals surface area contributed by atoms with Crippen molar-refractivity contribution in [1.82, 2.24) is 0 Å². The molecular weight excluding hydrogens is 352 g/mol. The zero-order valence-electron chi connectivity index (χ0n) is 16.6. The number of aryl methyl sites for hydroxylation is 2. The monoisotopic (exact) mass is 380 g/mol. The number of rotatable bonds is 6. The van der Waals surface area contributed by atoms with Gasteiger partial charge < -0.3 is 18.9 Å². The molecule has 1 saturated heterocycles. The molecule has 3 aliphatic rings. The number of fused-ring (bicyclic) bond motifs is 2. The molecular formula is C24H28O4. The van der Waals surface area contributed by atoms with Crippen LogP contribution < -0.4 is 0 Å². The number of benzene rings is 2. The van der Waals surface area contributed by atoms with Gasteiger partial charge in [-0.15, -0.1) is 0 Å². The third-order valence-corrected chi connectivity index (χ3v) is 6.64. The SMILES string of the molecule is Cc1ccccc1CO[C@@]12CC[C@@H]1O[C@@]1(OCc3ccccc3C)CC[C@H]1O2. The van der Waals surface area contributed by atoms with E-state index >= 15 is 0 Å². The molecule has 28 heavy (non-hydrogen) atoms. The Bertz CT molecular complexity index is 794. The average Bonchev–Trinajstić information content (AvgIpc) is 2.68. The van der Waals surface area contributed by atoms with Crippen LogP contribution in [0.15, 0.2) is 48.5 Å². The molecule has 0 aromatic heterocycles. The summed E-state index contributed by atoms with van der Waals surface area (Å²) in [5.74, 6) is -1.22. The third kappa shape index (κ3) is 3.00. The summed E-state index contributed by atoms with van der Waals surface area (Å²) in [5.41, 5.74) is 4.89. The van der Waals surface area contributed by atoms with E-state index in [1.807, 2.05) is 0 Å². The molecule has 1 aliphatic heterocycles. The number of ether oxygens (including phenoxy) is 4. The van der Waals surface area contributed by atoms with Crippen molar-refractivity contribution in [3.63, 3.8) is 0 Å². The van der Waals surface area contributed by atoms with Crippen molar-refractivity contribution < 1.29 is 18.9 Å². The molecule has 0 radical (unpaired) electrons. The first-order valence-electron chi connectivity index (χ1n) is 10.3. The van der Waals surface area contributed by atoms with Crippen molar-refractivity contribution in [2.75, 3.05) is 0 Å². The maximum atomic E-state index is 6.48. The molecule has 0 amide bonds. The summed E-state index contributed by atoms with van der Waals surface area (Å²) in [6.07, 6.45) is 3.57. The molecule has 0 spiro atoms. The van der Waals surface area contributed by atoms with Crippen molar-refractivity contribution in [1.29, 1.82) is 0 Å². The van der Waals surface area contributed by atoms with Crippen LogP contribution in [0.3, 0.4) is 0 Å². The maximum Gasteiger partial charge on any atom is 0.195 e. The molecule has 0 unspecified atom stereocenters. The van der Waals surface area contributed by atoms with Crippen LogP contribution in [-0.4, -0.2) is 23.8 Å². The van der Waals surface area contributed by atoms with Crippen molar-refractivity contribution in [2.45, 2.75) is 76.5 Å². The highest BCUT2D eigenvalue weighted by Gasteiger charge is 2.66. The van der Waals surface area contributed by atoms with Gasteiger partial charge >= 0.3 is 0 Å². The minimum Gasteiger partial charge on any atom is -0.343 e. The second-order valence-corrected chi connectivity index (χ2v) is 8.34. The van der Waals surface area contributed by atoms with Gasteiger partial charge in [0.15, 0.2) is 11.6 Å². The Morgan fingerprint density at radius 1 is 0.750 bits per heavy atom. The highest BCUT2D eigenvalue weighted by atomic mass is 16.8. The number of hydrogen-bond acceptors (Lipinski definition) is 4. The molecule has 2 aromatic carbocycles. The van der Waals surface area contributed by atoms with Gasteiger partial charge in [0.05, 0.1) is 13.2 Å². The molecule has 4 heteroatoms. The molecule has 5 rings (SSSR count). The normalized spacial score (nSPS) is 33.4. The minimum atomic E-state index is -0.608. The fourth-order valence-electron chi connectivity index (χ4n) is 4.39. The van der Waals surface area contributed by atoms with E-state index in [9.17, 15) is 0 Å². The number of hydrogen-bond donors (Lipinski definition) is 0. The molecule has 0 bridgehead atoms. The topological polar surface area (TPSA) is 36.9 Å². The lowest BCUT2D eigenvalue weighted by atomic mass is 9.78. The average molecular weight is 380 g/mol. The van der Waals surface area contributed by atoms with E-state index in [0.717, 1.165) is 25.7 Å². The van der Waals surface area contributed by atoms with Gasteiger partial charge in [0, 0.05) is 12.8 Å². The summed E-state index contributed by atoms with van der Waals surface area (Å²) < 4.78 is 25.6. The molecule has 4 nitrogen and oxygen atoms in total. The second-order valence-electron chi connectivity index (χ2n) is 8.34. The summed E-state index contributed by atoms with van der Waals surface area (Å²) >= 11 is 0. The first-order valence-corrected chi connectivity index (χ1v) is 10.3. The highest BCUT2D eigenvalue weighted by molar-refractivity contribution is 5.25. The van der Waals surface area contributed by atoms with Crippen LogP contribution >= 0.6 is 0 Å². The van der Waals surface area contributed by atoms with Crippen LogP contribution in [0.1, 0.15) is 47.9 Å². The van der Waals surface area contributed by atoms with E-state index in [4.69, 9.17) is 18.9 Å². The van der Waals surface area contributed by atoms with Crippen LogP contribution in [0, 0.1) is 13.8 Å². The lowest BCUT2D eigenvalue weighted by Crippen LogP contribution is -2.73. The molecule has 2 aromatic rings. The van der Waals surface area contributed by atoms with Crippen LogP contribution in [0.4, 0.5) is 0 Å². The second kappa shape index (κ2) is 6.96. The van der Waals surface area contributed by atoms with Gasteiger partial charge in [0.1, 0.15) is 12.2 Å². The van der Waals surface area contributed by atoms with Gasteiger partial charge in [-0.05, 0) is 48.9 Å². The van der Waals surface area contributed by atoms with E-state index in [-0.39, 0.29) is 12.2 Å². The fourth-order valence-corrected chi connectivity index (χ4v) is 4.39. The van der Waals surface area contributed by atoms with Crippen LogP contribution in [0.5, 0.6) is 0 Å². The van der Waals surface area contributed by atoms with Gasteiger partial charge in [0.2, 0.25) is 0 Å². The zero-order valence-corrected chi connectivity index (χ0v) is 16.6. The predicted octanol–water partition coefficient (Wildman–Crippen LogP) is 4.80. The van der Waals surface area contributed by atoms with Gasteiger partial charge in [-0.3, -0.25) is 0 Å². The fraction of sp³-hybridized carbons (Fsp3) is 0.500. The largest absolute Gasteiger partial charge is 0.343 e. The van der Waals surface area contributed by atoms with E-state index in [0.29, 0.717) is 13.2 Å². The minimum absolute atomic E-state index is 0.0510. The lowest BCUT2D eigenvalue weighted by molar-refractivity contribution is -0.494. The molecule has 0 N–H and O–H groups in total. The predicted molar refractivity (Wildman–Crippen MR) is 106 cm³/mol. The first-order chi connectivity index (χ1) is 13.6. The first kappa shape index (κ1) is 18.3. The van der Waals surface area contributed by atoms with E-state index in [2.05, 4.69) is 62.4 Å². The van der Waals surface area contributed by atoms with Crippen molar-refractivity contribution >= 4 is 0 Å². The Labute approximate surface area is 166 Å². The molecule has 1 heterocycles. The van der Waals surface area contributed by atoms with Crippen LogP contribution in [-0.2, 0) is 32.2 Å². The van der Waals surface area contributed by atoms with E-state index in [1.165, 1.54) is 22.3 Å². The van der Waals surface area contributed by atoms with Crippen LogP contribution in [0.2, 0.25) is 0 Å². The van der Waals surface area contributed by atoms with Crippen LogP contribution in [0.25, 0.3) is 0 Å². The quantitative estimate of drug-likeness (QED) is 0.721. The van der Waals surface area contributed by atoms with Gasteiger partial charge in [-0.2, -0.15) is 0 Å². The van der Waals surface area contributed by atoms with E-state index in [1.54, 1.807) is 0 Å². The van der Waals surface area contributed by atoms with Gasteiger partial charge in [-0.25, -0.2) is 0 Å². The van der Waals surface area contributed by atoms with Gasteiger partial charge in [-0.1, -0.05) is 48.5 Å². The lowest BCUT2D eigenvalue weighted by Gasteiger charge is -2.62. The van der Waals surface area contributed by atoms with Gasteiger partial charge in [0.25, 0.3) is 0 Å². The Morgan fingerprint density at radius 3 is 1.54 bits per heavy atom. The van der Waals surface area contributed by atoms with Crippen molar-refractivity contribution in [3.05, 3.63) is 70.8 Å². The maximum absolute atomic E-state index is 6.48. The summed E-state index contributed by atoms with van der Waals surface area (Å²) in [6, 6.07) is 16.7. The summed E-state index contributed by atoms with van der Waals surface area (Å²) in [6.45, 7) is 5.33. The summed E-state index contributed by atoms with van der Waals surface area (Å²) in [4.78, 5) is 0. The van der Waals surface area contributed by atoms with Crippen molar-refractivity contribution in [3.8, 4) is 0 Å². The zero-order chi connectivity index (χ0) is 19.2. The smallest absolute Gasteiger partial charge is 0.195 e. The Kier molecular flexibility index (Phi) is 4.55. The highest BCUT2D eigenvalue weighted by Crippen LogP contribution is 2.55. The summed E-state index contributed by atoms with van der Waals surface area (Å²) in [5, 5.41) is 0. The molecule has 2 saturated carbocycles. The van der Waals surface area contributed by atoms with Crippen molar-refractivity contribution in [2.24, 2.45) is 0 Å². The standard InChI is InChI=1S/C24H28O4/c1-17-7-3-5-9-19(17)15-25-23-13-11-21(23)28-24(14-12-22(24)27-23)26-16-20-10-6-4-8-18(20)2/h3-10,21-22H,11-16H2,1-2H3/t21-,22+,23+,24-. The summed E-state index contributed by atoms with van der Waals surface area (Å²) in [7, 11) is 0. The Morgan fingerprint density at radius 2 is 1.18 bits per heavy atom. The Hall–Kier alpha value is -1.72.